The van der Waals surface area contributed by atoms with Crippen molar-refractivity contribution >= 4 is 11.4 Å². The zero-order valence-electron chi connectivity index (χ0n) is 14.2. The van der Waals surface area contributed by atoms with Gasteiger partial charge in [0.2, 0.25) is 5.88 Å². The molecular weight excluding hydrogens is 334 g/mol. The highest BCUT2D eigenvalue weighted by atomic mass is 16.3. The zero-order chi connectivity index (χ0) is 18.8. The van der Waals surface area contributed by atoms with Crippen molar-refractivity contribution in [1.82, 2.24) is 9.13 Å². The lowest BCUT2D eigenvalue weighted by molar-refractivity contribution is 0.410. The Kier molecular flexibility index (Phi) is 4.45. The molecule has 7 heteroatoms. The Balaban J connectivity index is 2.40. The standard InChI is InChI=1S/C19H17N3O4/c1-21-17(24)15(18(25)22(2)19(21)26)16(12-8-4-3-5-9-12)20-13-10-6-7-11-14(13)23/h3-11,23-24H,1-2H3. The smallest absolute Gasteiger partial charge is 0.333 e. The number of para-hydroxylation sites is 2. The molecule has 0 aliphatic rings. The Hall–Kier alpha value is -3.61. The van der Waals surface area contributed by atoms with Crippen LogP contribution in [-0.2, 0) is 14.1 Å². The van der Waals surface area contributed by atoms with Gasteiger partial charge in [-0.15, -0.1) is 0 Å². The summed E-state index contributed by atoms with van der Waals surface area (Å²) >= 11 is 0. The maximum atomic E-state index is 12.7. The van der Waals surface area contributed by atoms with E-state index in [9.17, 15) is 19.8 Å². The summed E-state index contributed by atoms with van der Waals surface area (Å²) in [5.41, 5.74) is -0.497. The Morgan fingerprint density at radius 1 is 0.885 bits per heavy atom. The number of rotatable bonds is 3. The highest BCUT2D eigenvalue weighted by Crippen LogP contribution is 2.28. The summed E-state index contributed by atoms with van der Waals surface area (Å²) in [5.74, 6) is -0.557. The molecule has 3 rings (SSSR count). The van der Waals surface area contributed by atoms with Gasteiger partial charge in [0.05, 0.1) is 5.71 Å². The number of aromatic hydroxyl groups is 2. The van der Waals surface area contributed by atoms with Crippen LogP contribution in [0.3, 0.4) is 0 Å². The quantitative estimate of drug-likeness (QED) is 0.702. The molecule has 0 bridgehead atoms. The summed E-state index contributed by atoms with van der Waals surface area (Å²) in [4.78, 5) is 29.1. The number of hydrogen-bond donors (Lipinski definition) is 2. The second kappa shape index (κ2) is 6.72. The molecule has 0 spiro atoms. The van der Waals surface area contributed by atoms with E-state index in [0.717, 1.165) is 9.13 Å². The van der Waals surface area contributed by atoms with Gasteiger partial charge in [-0.05, 0) is 12.1 Å². The number of phenols is 1. The van der Waals surface area contributed by atoms with Crippen molar-refractivity contribution in [2.24, 2.45) is 19.1 Å². The van der Waals surface area contributed by atoms with Gasteiger partial charge in [-0.3, -0.25) is 13.9 Å². The maximum Gasteiger partial charge on any atom is 0.333 e. The second-order valence-corrected chi connectivity index (χ2v) is 5.72. The molecule has 0 radical (unpaired) electrons. The molecule has 7 nitrogen and oxygen atoms in total. The van der Waals surface area contributed by atoms with E-state index in [1.807, 2.05) is 0 Å². The van der Waals surface area contributed by atoms with Crippen molar-refractivity contribution in [2.75, 3.05) is 0 Å². The number of aliphatic imine (C=N–C) groups is 1. The van der Waals surface area contributed by atoms with Crippen LogP contribution < -0.4 is 11.2 Å². The summed E-state index contributed by atoms with van der Waals surface area (Å²) in [5, 5.41) is 20.5. The van der Waals surface area contributed by atoms with Gasteiger partial charge in [-0.2, -0.15) is 0 Å². The average Bonchev–Trinajstić information content (AvgIpc) is 2.66. The predicted octanol–water partition coefficient (Wildman–Crippen LogP) is 1.66. The first kappa shape index (κ1) is 17.2. The number of aromatic nitrogens is 2. The minimum Gasteiger partial charge on any atom is -0.506 e. The molecule has 26 heavy (non-hydrogen) atoms. The van der Waals surface area contributed by atoms with Crippen LogP contribution >= 0.6 is 0 Å². The maximum absolute atomic E-state index is 12.7. The highest BCUT2D eigenvalue weighted by Gasteiger charge is 2.21. The van der Waals surface area contributed by atoms with Gasteiger partial charge in [0.1, 0.15) is 17.0 Å². The molecule has 0 aliphatic heterocycles. The summed E-state index contributed by atoms with van der Waals surface area (Å²) in [6.45, 7) is 0. The molecule has 2 N–H and O–H groups in total. The molecule has 0 saturated carbocycles. The first-order valence-corrected chi connectivity index (χ1v) is 7.83. The molecular formula is C19H17N3O4. The van der Waals surface area contributed by atoms with Gasteiger partial charge >= 0.3 is 5.69 Å². The van der Waals surface area contributed by atoms with E-state index in [-0.39, 0.29) is 22.7 Å². The van der Waals surface area contributed by atoms with Crippen LogP contribution in [0.2, 0.25) is 0 Å². The van der Waals surface area contributed by atoms with E-state index >= 15 is 0 Å². The average molecular weight is 351 g/mol. The van der Waals surface area contributed by atoms with Crippen LogP contribution in [0.1, 0.15) is 11.1 Å². The van der Waals surface area contributed by atoms with Crippen molar-refractivity contribution in [3.8, 4) is 11.6 Å². The number of nitrogens with zero attached hydrogens (tertiary/aromatic N) is 3. The number of benzene rings is 2. The number of phenolic OH excluding ortho intramolecular Hbond substituents is 1. The van der Waals surface area contributed by atoms with Gasteiger partial charge in [-0.25, -0.2) is 9.79 Å². The van der Waals surface area contributed by atoms with Crippen molar-refractivity contribution in [3.63, 3.8) is 0 Å². The Morgan fingerprint density at radius 2 is 1.50 bits per heavy atom. The molecule has 1 aromatic heterocycles. The first-order valence-electron chi connectivity index (χ1n) is 7.83. The Morgan fingerprint density at radius 3 is 2.15 bits per heavy atom. The normalized spacial score (nSPS) is 11.5. The van der Waals surface area contributed by atoms with E-state index in [1.165, 1.54) is 20.2 Å². The van der Waals surface area contributed by atoms with E-state index < -0.39 is 17.1 Å². The molecule has 0 fully saturated rings. The minimum atomic E-state index is -0.677. The fourth-order valence-corrected chi connectivity index (χ4v) is 2.58. The van der Waals surface area contributed by atoms with Crippen molar-refractivity contribution < 1.29 is 10.2 Å². The SMILES string of the molecule is Cn1c(O)c(C(=Nc2ccccc2O)c2ccccc2)c(=O)n(C)c1=O. The molecule has 132 valence electrons. The largest absolute Gasteiger partial charge is 0.506 e. The fourth-order valence-electron chi connectivity index (χ4n) is 2.58. The molecule has 2 aromatic carbocycles. The van der Waals surface area contributed by atoms with E-state index in [4.69, 9.17) is 0 Å². The molecule has 3 aromatic rings. The summed E-state index contributed by atoms with van der Waals surface area (Å²) in [6, 6.07) is 15.2. The van der Waals surface area contributed by atoms with Crippen molar-refractivity contribution in [3.05, 3.63) is 86.6 Å². The van der Waals surface area contributed by atoms with Crippen molar-refractivity contribution in [2.45, 2.75) is 0 Å². The second-order valence-electron chi connectivity index (χ2n) is 5.72. The van der Waals surface area contributed by atoms with Crippen LogP contribution in [0.15, 0.2) is 69.2 Å². The third kappa shape index (κ3) is 2.90. The highest BCUT2D eigenvalue weighted by molar-refractivity contribution is 6.15. The summed E-state index contributed by atoms with van der Waals surface area (Å²) in [7, 11) is 2.69. The Labute approximate surface area is 148 Å². The predicted molar refractivity (Wildman–Crippen MR) is 98.4 cm³/mol. The van der Waals surface area contributed by atoms with Gasteiger partial charge in [0.15, 0.2) is 0 Å². The molecule has 0 amide bonds. The summed E-state index contributed by atoms with van der Waals surface area (Å²) < 4.78 is 1.87. The molecule has 0 saturated heterocycles. The van der Waals surface area contributed by atoms with E-state index in [1.54, 1.807) is 48.5 Å². The van der Waals surface area contributed by atoms with E-state index in [0.29, 0.717) is 5.56 Å². The first-order chi connectivity index (χ1) is 12.4. The van der Waals surface area contributed by atoms with Crippen LogP contribution in [0.4, 0.5) is 5.69 Å². The lowest BCUT2D eigenvalue weighted by Crippen LogP contribution is -2.40. The van der Waals surface area contributed by atoms with Crippen LogP contribution in [0.5, 0.6) is 11.6 Å². The minimum absolute atomic E-state index is 0.0675. The molecule has 1 heterocycles. The number of hydrogen-bond acceptors (Lipinski definition) is 5. The van der Waals surface area contributed by atoms with Crippen LogP contribution in [0, 0.1) is 0 Å². The molecule has 0 atom stereocenters. The third-order valence-electron chi connectivity index (χ3n) is 4.03. The van der Waals surface area contributed by atoms with Crippen LogP contribution in [-0.4, -0.2) is 25.1 Å². The van der Waals surface area contributed by atoms with Gasteiger partial charge in [0.25, 0.3) is 5.56 Å². The van der Waals surface area contributed by atoms with Crippen molar-refractivity contribution in [1.29, 1.82) is 0 Å². The van der Waals surface area contributed by atoms with Crippen LogP contribution in [0.25, 0.3) is 0 Å². The summed E-state index contributed by atoms with van der Waals surface area (Å²) in [6.07, 6.45) is 0. The van der Waals surface area contributed by atoms with Gasteiger partial charge < -0.3 is 10.2 Å². The monoisotopic (exact) mass is 351 g/mol. The van der Waals surface area contributed by atoms with Gasteiger partial charge in [-0.1, -0.05) is 42.5 Å². The van der Waals surface area contributed by atoms with Gasteiger partial charge in [0, 0.05) is 19.7 Å². The fraction of sp³-hybridized carbons (Fsp3) is 0.105. The molecule has 0 unspecified atom stereocenters. The Bertz CT molecular complexity index is 1110. The zero-order valence-corrected chi connectivity index (χ0v) is 14.2. The third-order valence-corrected chi connectivity index (χ3v) is 4.03. The lowest BCUT2D eigenvalue weighted by atomic mass is 10.0. The lowest BCUT2D eigenvalue weighted by Gasteiger charge is -2.13. The molecule has 0 aliphatic carbocycles. The van der Waals surface area contributed by atoms with E-state index in [2.05, 4.69) is 4.99 Å². The topological polar surface area (TPSA) is 96.8 Å².